The molecule has 0 aromatic heterocycles. The molecule has 1 saturated heterocycles. The summed E-state index contributed by atoms with van der Waals surface area (Å²) in [5.41, 5.74) is 0.557. The fraction of sp³-hybridized carbons (Fsp3) is 0.385. The molecule has 1 aliphatic rings. The highest BCUT2D eigenvalue weighted by molar-refractivity contribution is 5.35. The van der Waals surface area contributed by atoms with Crippen LogP contribution in [0.5, 0.6) is 0 Å². The first kappa shape index (κ1) is 11.6. The molecule has 0 aliphatic carbocycles. The van der Waals surface area contributed by atoms with E-state index in [1.807, 2.05) is 11.0 Å². The van der Waals surface area contributed by atoms with Crippen LogP contribution in [0.3, 0.4) is 0 Å². The smallest absolute Gasteiger partial charge is 0.145 e. The molecular formula is C13H12FN3. The van der Waals surface area contributed by atoms with Crippen molar-refractivity contribution in [3.63, 3.8) is 0 Å². The molecule has 3 nitrogen and oxygen atoms in total. The van der Waals surface area contributed by atoms with Crippen LogP contribution in [0.25, 0.3) is 0 Å². The largest absolute Gasteiger partial charge is 0.284 e. The van der Waals surface area contributed by atoms with Crippen LogP contribution in [-0.4, -0.2) is 17.5 Å². The molecule has 1 aliphatic heterocycles. The van der Waals surface area contributed by atoms with Crippen LogP contribution in [-0.2, 0) is 6.54 Å². The van der Waals surface area contributed by atoms with Crippen molar-refractivity contribution in [1.29, 1.82) is 10.5 Å². The Morgan fingerprint density at radius 3 is 2.94 bits per heavy atom. The fourth-order valence-electron chi connectivity index (χ4n) is 2.17. The maximum absolute atomic E-state index is 13.8. The van der Waals surface area contributed by atoms with Gasteiger partial charge in [0, 0.05) is 12.1 Å². The predicted molar refractivity (Wildman–Crippen MR) is 60.2 cm³/mol. The number of rotatable bonds is 2. The van der Waals surface area contributed by atoms with E-state index in [9.17, 15) is 4.39 Å². The van der Waals surface area contributed by atoms with Gasteiger partial charge in [0.25, 0.3) is 0 Å². The van der Waals surface area contributed by atoms with Gasteiger partial charge in [-0.25, -0.2) is 4.39 Å². The number of nitriles is 2. The van der Waals surface area contributed by atoms with E-state index in [4.69, 9.17) is 10.5 Å². The topological polar surface area (TPSA) is 50.8 Å². The number of halogens is 1. The van der Waals surface area contributed by atoms with E-state index in [2.05, 4.69) is 6.07 Å². The van der Waals surface area contributed by atoms with Gasteiger partial charge >= 0.3 is 0 Å². The molecule has 0 N–H and O–H groups in total. The van der Waals surface area contributed by atoms with Gasteiger partial charge in [-0.1, -0.05) is 12.1 Å². The van der Waals surface area contributed by atoms with Gasteiger partial charge in [-0.2, -0.15) is 10.5 Å². The zero-order valence-corrected chi connectivity index (χ0v) is 9.36. The Labute approximate surface area is 99.7 Å². The zero-order chi connectivity index (χ0) is 12.3. The molecule has 1 fully saturated rings. The quantitative estimate of drug-likeness (QED) is 0.781. The SMILES string of the molecule is N#Cc1cccc(CN2CCCC2C#N)c1F. The molecule has 1 aromatic carbocycles. The van der Waals surface area contributed by atoms with E-state index < -0.39 is 5.82 Å². The first-order valence-corrected chi connectivity index (χ1v) is 5.57. The Kier molecular flexibility index (Phi) is 3.37. The normalized spacial score (nSPS) is 19.8. The Hall–Kier alpha value is -1.91. The average molecular weight is 229 g/mol. The summed E-state index contributed by atoms with van der Waals surface area (Å²) in [4.78, 5) is 1.96. The second-order valence-corrected chi connectivity index (χ2v) is 4.15. The number of hydrogen-bond donors (Lipinski definition) is 0. The molecule has 1 unspecified atom stereocenters. The molecule has 0 amide bonds. The molecule has 1 atom stereocenters. The molecule has 4 heteroatoms. The molecule has 86 valence electrons. The van der Waals surface area contributed by atoms with E-state index in [0.717, 1.165) is 19.4 Å². The van der Waals surface area contributed by atoms with Crippen molar-refractivity contribution in [2.24, 2.45) is 0 Å². The van der Waals surface area contributed by atoms with Gasteiger partial charge in [-0.3, -0.25) is 4.90 Å². The average Bonchev–Trinajstić information content (AvgIpc) is 2.79. The minimum atomic E-state index is -0.460. The summed E-state index contributed by atoms with van der Waals surface area (Å²) in [6.07, 6.45) is 1.81. The summed E-state index contributed by atoms with van der Waals surface area (Å²) in [5, 5.41) is 17.7. The molecular weight excluding hydrogens is 217 g/mol. The van der Waals surface area contributed by atoms with Crippen LogP contribution in [0.4, 0.5) is 4.39 Å². The first-order valence-electron chi connectivity index (χ1n) is 5.57. The molecule has 0 spiro atoms. The number of likely N-dealkylation sites (tertiary alicyclic amines) is 1. The molecule has 0 saturated carbocycles. The van der Waals surface area contributed by atoms with Gasteiger partial charge in [0.1, 0.15) is 11.9 Å². The van der Waals surface area contributed by atoms with Crippen LogP contribution in [0.1, 0.15) is 24.0 Å². The van der Waals surface area contributed by atoms with E-state index >= 15 is 0 Å². The number of hydrogen-bond acceptors (Lipinski definition) is 3. The fourth-order valence-corrected chi connectivity index (χ4v) is 2.17. The number of benzene rings is 1. The van der Waals surface area contributed by atoms with Crippen molar-refractivity contribution in [1.82, 2.24) is 4.90 Å². The zero-order valence-electron chi connectivity index (χ0n) is 9.36. The highest BCUT2D eigenvalue weighted by atomic mass is 19.1. The summed E-state index contributed by atoms with van der Waals surface area (Å²) in [6, 6.07) is 8.73. The minimum absolute atomic E-state index is 0.0650. The maximum atomic E-state index is 13.8. The van der Waals surface area contributed by atoms with Crippen molar-refractivity contribution in [3.05, 3.63) is 35.1 Å². The highest BCUT2D eigenvalue weighted by Gasteiger charge is 2.25. The lowest BCUT2D eigenvalue weighted by molar-refractivity contribution is 0.282. The second-order valence-electron chi connectivity index (χ2n) is 4.15. The molecule has 17 heavy (non-hydrogen) atoms. The van der Waals surface area contributed by atoms with Gasteiger partial charge in [0.15, 0.2) is 0 Å². The summed E-state index contributed by atoms with van der Waals surface area (Å²) in [5.74, 6) is -0.460. The first-order chi connectivity index (χ1) is 8.26. The third kappa shape index (κ3) is 2.27. The Morgan fingerprint density at radius 1 is 1.41 bits per heavy atom. The van der Waals surface area contributed by atoms with E-state index in [1.165, 1.54) is 6.07 Å². The molecule has 1 aromatic rings. The molecule has 0 bridgehead atoms. The third-order valence-electron chi connectivity index (χ3n) is 3.09. The summed E-state index contributed by atoms with van der Waals surface area (Å²) in [7, 11) is 0. The van der Waals surface area contributed by atoms with Gasteiger partial charge in [0.2, 0.25) is 0 Å². The van der Waals surface area contributed by atoms with E-state index in [1.54, 1.807) is 12.1 Å². The van der Waals surface area contributed by atoms with Crippen LogP contribution in [0, 0.1) is 28.5 Å². The predicted octanol–water partition coefficient (Wildman–Crippen LogP) is 2.19. The van der Waals surface area contributed by atoms with Gasteiger partial charge in [-0.15, -0.1) is 0 Å². The van der Waals surface area contributed by atoms with Gasteiger partial charge in [0.05, 0.1) is 17.7 Å². The standard InChI is InChI=1S/C13H12FN3/c14-13-10(7-15)3-1-4-11(13)9-17-6-2-5-12(17)8-16/h1,3-4,12H,2,5-6,9H2. The van der Waals surface area contributed by atoms with Crippen molar-refractivity contribution in [2.75, 3.05) is 6.54 Å². The van der Waals surface area contributed by atoms with E-state index in [-0.39, 0.29) is 11.6 Å². The lowest BCUT2D eigenvalue weighted by atomic mass is 10.1. The molecule has 1 heterocycles. The van der Waals surface area contributed by atoms with Crippen LogP contribution < -0.4 is 0 Å². The lowest BCUT2D eigenvalue weighted by Gasteiger charge is -2.19. The highest BCUT2D eigenvalue weighted by Crippen LogP contribution is 2.21. The summed E-state index contributed by atoms with van der Waals surface area (Å²) in [6.45, 7) is 1.22. The maximum Gasteiger partial charge on any atom is 0.145 e. The molecule has 0 radical (unpaired) electrons. The third-order valence-corrected chi connectivity index (χ3v) is 3.09. The second kappa shape index (κ2) is 4.95. The van der Waals surface area contributed by atoms with Crippen LogP contribution >= 0.6 is 0 Å². The van der Waals surface area contributed by atoms with Crippen molar-refractivity contribution < 1.29 is 4.39 Å². The van der Waals surface area contributed by atoms with Gasteiger partial charge < -0.3 is 0 Å². The van der Waals surface area contributed by atoms with Crippen molar-refractivity contribution in [3.8, 4) is 12.1 Å². The Morgan fingerprint density at radius 2 is 2.24 bits per heavy atom. The van der Waals surface area contributed by atoms with Crippen LogP contribution in [0.15, 0.2) is 18.2 Å². The van der Waals surface area contributed by atoms with E-state index in [0.29, 0.717) is 12.1 Å². The monoisotopic (exact) mass is 229 g/mol. The van der Waals surface area contributed by atoms with Crippen molar-refractivity contribution >= 4 is 0 Å². The summed E-state index contributed by atoms with van der Waals surface area (Å²) >= 11 is 0. The lowest BCUT2D eigenvalue weighted by Crippen LogP contribution is -2.28. The summed E-state index contributed by atoms with van der Waals surface area (Å²) < 4.78 is 13.8. The minimum Gasteiger partial charge on any atom is -0.284 e. The number of nitrogens with zero attached hydrogens (tertiary/aromatic N) is 3. The Bertz CT molecular complexity index is 498. The van der Waals surface area contributed by atoms with Crippen molar-refractivity contribution in [2.45, 2.75) is 25.4 Å². The molecule has 2 rings (SSSR count). The van der Waals surface area contributed by atoms with Gasteiger partial charge in [-0.05, 0) is 25.5 Å². The Balaban J connectivity index is 2.20. The van der Waals surface area contributed by atoms with Crippen LogP contribution in [0.2, 0.25) is 0 Å².